The van der Waals surface area contributed by atoms with Gasteiger partial charge in [0, 0.05) is 5.92 Å². The molecule has 414 valence electrons. The molecule has 0 saturated carbocycles. The third-order valence-electron chi connectivity index (χ3n) is 13.5. The molecule has 0 atom stereocenters. The molecule has 13 rings (SSSR count). The Morgan fingerprint density at radius 3 is 0.524 bits per heavy atom. The van der Waals surface area contributed by atoms with E-state index in [2.05, 4.69) is 360 Å². The molecule has 0 N–H and O–H groups in total. The minimum absolute atomic E-state index is 0.309. The molecular formula is C84H78. The van der Waals surface area contributed by atoms with E-state index in [1.165, 1.54) is 72.3 Å². The Morgan fingerprint density at radius 1 is 0.190 bits per heavy atom. The van der Waals surface area contributed by atoms with E-state index in [9.17, 15) is 0 Å². The van der Waals surface area contributed by atoms with Crippen molar-refractivity contribution >= 4 is 0 Å². The number of hydrogen-bond donors (Lipinski definition) is 0. The Bertz CT molecular complexity index is 3210. The van der Waals surface area contributed by atoms with Gasteiger partial charge in [-0.05, 0) is 92.9 Å². The molecule has 0 radical (unpaired) electrons. The predicted molar refractivity (Wildman–Crippen MR) is 362 cm³/mol. The number of rotatable bonds is 10. The van der Waals surface area contributed by atoms with Gasteiger partial charge in [0.15, 0.2) is 0 Å². The molecule has 0 amide bonds. The molecule has 0 unspecified atom stereocenters. The third kappa shape index (κ3) is 23.5. The van der Waals surface area contributed by atoms with Crippen LogP contribution in [0.15, 0.2) is 394 Å². The zero-order valence-electron chi connectivity index (χ0n) is 48.7. The van der Waals surface area contributed by atoms with E-state index >= 15 is 0 Å². The van der Waals surface area contributed by atoms with Crippen molar-refractivity contribution in [2.24, 2.45) is 0 Å². The molecule has 0 aromatic heterocycles. The van der Waals surface area contributed by atoms with Gasteiger partial charge in [0.2, 0.25) is 0 Å². The first kappa shape index (κ1) is 61.5. The highest BCUT2D eigenvalue weighted by molar-refractivity contribution is 5.63. The summed E-state index contributed by atoms with van der Waals surface area (Å²) in [5.41, 5.74) is 17.3. The highest BCUT2D eigenvalue weighted by Crippen LogP contribution is 2.31. The molecule has 0 saturated heterocycles. The summed E-state index contributed by atoms with van der Waals surface area (Å²) < 4.78 is 0. The first-order chi connectivity index (χ1) is 41.6. The molecular weight excluding hydrogens is 1010 g/mol. The Hall–Kier alpha value is -10.1. The molecule has 0 aliphatic rings. The predicted octanol–water partition coefficient (Wildman–Crippen LogP) is 22.4. The highest BCUT2D eigenvalue weighted by Gasteiger charge is 2.15. The van der Waals surface area contributed by atoms with Gasteiger partial charge in [-0.1, -0.05) is 407 Å². The van der Waals surface area contributed by atoms with Crippen LogP contribution in [0.4, 0.5) is 0 Å². The summed E-state index contributed by atoms with van der Waals surface area (Å²) in [5.74, 6) is 0.309. The van der Waals surface area contributed by atoms with Gasteiger partial charge >= 0.3 is 0 Å². The minimum Gasteiger partial charge on any atom is -0.0622 e. The van der Waals surface area contributed by atoms with Crippen molar-refractivity contribution in [2.45, 2.75) is 39.0 Å². The fourth-order valence-corrected chi connectivity index (χ4v) is 9.14. The third-order valence-corrected chi connectivity index (χ3v) is 13.5. The Morgan fingerprint density at radius 2 is 0.357 bits per heavy atom. The monoisotopic (exact) mass is 1090 g/mol. The van der Waals surface area contributed by atoms with Crippen LogP contribution in [-0.4, -0.2) is 0 Å². The van der Waals surface area contributed by atoms with E-state index in [0.717, 1.165) is 19.3 Å². The lowest BCUT2D eigenvalue weighted by molar-refractivity contribution is 0.977. The Balaban J connectivity index is 0.000000143. The lowest BCUT2D eigenvalue weighted by Gasteiger charge is -2.18. The van der Waals surface area contributed by atoms with Gasteiger partial charge in [0.05, 0.1) is 0 Å². The molecule has 0 aliphatic heterocycles. The van der Waals surface area contributed by atoms with E-state index in [1.54, 1.807) is 0 Å². The van der Waals surface area contributed by atoms with Crippen molar-refractivity contribution < 1.29 is 0 Å². The Kier molecular flexibility index (Phi) is 27.6. The molecule has 0 bridgehead atoms. The van der Waals surface area contributed by atoms with Crippen molar-refractivity contribution in [3.05, 3.63) is 444 Å². The molecule has 0 aliphatic carbocycles. The number of aryl methyl sites for hydroxylation is 2. The van der Waals surface area contributed by atoms with Crippen LogP contribution in [0, 0.1) is 6.92 Å². The summed E-state index contributed by atoms with van der Waals surface area (Å²) in [6, 6.07) is 136. The van der Waals surface area contributed by atoms with Gasteiger partial charge in [-0.2, -0.15) is 0 Å². The maximum Gasteiger partial charge on any atom is 0.0339 e. The zero-order chi connectivity index (χ0) is 58.2. The van der Waals surface area contributed by atoms with E-state index in [4.69, 9.17) is 0 Å². The second-order valence-electron chi connectivity index (χ2n) is 19.9. The van der Waals surface area contributed by atoms with Crippen LogP contribution in [0.2, 0.25) is 0 Å². The summed E-state index contributed by atoms with van der Waals surface area (Å²) in [6.07, 6.45) is 3.20. The smallest absolute Gasteiger partial charge is 0.0339 e. The van der Waals surface area contributed by atoms with Crippen molar-refractivity contribution in [1.82, 2.24) is 0 Å². The largest absolute Gasteiger partial charge is 0.0622 e. The van der Waals surface area contributed by atoms with Crippen molar-refractivity contribution in [2.75, 3.05) is 0 Å². The molecule has 0 heterocycles. The quantitative estimate of drug-likeness (QED) is 0.120. The summed E-state index contributed by atoms with van der Waals surface area (Å²) in [5, 5.41) is 0. The zero-order valence-corrected chi connectivity index (χ0v) is 48.7. The van der Waals surface area contributed by atoms with Crippen molar-refractivity contribution in [3.63, 3.8) is 0 Å². The highest BCUT2D eigenvalue weighted by atomic mass is 14.2. The normalized spacial score (nSPS) is 9.80. The van der Waals surface area contributed by atoms with Gasteiger partial charge in [0.1, 0.15) is 0 Å². The average Bonchev–Trinajstić information content (AvgIpc) is 3.66. The van der Waals surface area contributed by atoms with Crippen LogP contribution in [0.1, 0.15) is 62.9 Å². The average molecular weight is 1090 g/mol. The molecule has 13 aromatic carbocycles. The van der Waals surface area contributed by atoms with Gasteiger partial charge < -0.3 is 0 Å². The molecule has 0 nitrogen and oxygen atoms in total. The maximum atomic E-state index is 2.20. The van der Waals surface area contributed by atoms with Crippen LogP contribution in [0.25, 0.3) is 22.3 Å². The lowest BCUT2D eigenvalue weighted by atomic mass is 9.85. The molecule has 13 aromatic rings. The van der Waals surface area contributed by atoms with E-state index in [0.29, 0.717) is 5.92 Å². The summed E-state index contributed by atoms with van der Waals surface area (Å²) >= 11 is 0. The van der Waals surface area contributed by atoms with E-state index < -0.39 is 0 Å². The summed E-state index contributed by atoms with van der Waals surface area (Å²) in [4.78, 5) is 0. The first-order valence-corrected chi connectivity index (χ1v) is 29.2. The standard InChI is InChI=1S/C19H16.2C13H12.2C12H10.C8H10.C7H8/c1-4-10-16(11-5-1)19(17-12-6-2-7-13-17)18-14-8-3-9-15-18;2*1-3-7-12(8-4-1)11-13-9-5-2-6-10-13;2*1-3-7-11(8-4-1)12-9-5-2-6-10-12;1-2-8-6-4-3-5-7-8;1-7-5-3-2-4-6-7/h1-15,19H;2*1-10H,11H2;2*1-10H;3-7H,2H2,1H3;2-6H,1H3. The van der Waals surface area contributed by atoms with Gasteiger partial charge in [-0.3, -0.25) is 0 Å². The second-order valence-corrected chi connectivity index (χ2v) is 19.9. The minimum atomic E-state index is 0.309. The van der Waals surface area contributed by atoms with Crippen LogP contribution in [-0.2, 0) is 19.3 Å². The van der Waals surface area contributed by atoms with Crippen LogP contribution in [0.5, 0.6) is 0 Å². The van der Waals surface area contributed by atoms with Gasteiger partial charge in [-0.25, -0.2) is 0 Å². The lowest BCUT2D eigenvalue weighted by Crippen LogP contribution is -2.02. The molecule has 84 heavy (non-hydrogen) atoms. The van der Waals surface area contributed by atoms with Gasteiger partial charge in [-0.15, -0.1) is 0 Å². The van der Waals surface area contributed by atoms with Crippen LogP contribution >= 0.6 is 0 Å². The SMILES string of the molecule is CCc1ccccc1.Cc1ccccc1.c1ccc(-c2ccccc2)cc1.c1ccc(-c2ccccc2)cc1.c1ccc(C(c2ccccc2)c2ccccc2)cc1.c1ccc(Cc2ccccc2)cc1.c1ccc(Cc2ccccc2)cc1. The Labute approximate surface area is 502 Å². The van der Waals surface area contributed by atoms with Crippen LogP contribution in [0.3, 0.4) is 0 Å². The number of benzene rings is 13. The molecule has 0 heteroatoms. The number of hydrogen-bond acceptors (Lipinski definition) is 0. The maximum absolute atomic E-state index is 2.20. The van der Waals surface area contributed by atoms with Crippen LogP contribution < -0.4 is 0 Å². The summed E-state index contributed by atoms with van der Waals surface area (Å²) in [6.45, 7) is 4.25. The fraction of sp³-hybridized carbons (Fsp3) is 0.0714. The summed E-state index contributed by atoms with van der Waals surface area (Å²) in [7, 11) is 0. The fourth-order valence-electron chi connectivity index (χ4n) is 9.14. The van der Waals surface area contributed by atoms with E-state index in [1.807, 2.05) is 48.5 Å². The van der Waals surface area contributed by atoms with Crippen molar-refractivity contribution in [1.29, 1.82) is 0 Å². The molecule has 0 spiro atoms. The van der Waals surface area contributed by atoms with Gasteiger partial charge in [0.25, 0.3) is 0 Å². The second kappa shape index (κ2) is 37.7. The van der Waals surface area contributed by atoms with E-state index in [-0.39, 0.29) is 0 Å². The van der Waals surface area contributed by atoms with Crippen molar-refractivity contribution in [3.8, 4) is 22.3 Å². The topological polar surface area (TPSA) is 0 Å². The molecule has 0 fully saturated rings. The first-order valence-electron chi connectivity index (χ1n) is 29.2.